The lowest BCUT2D eigenvalue weighted by molar-refractivity contribution is 0.143. The van der Waals surface area contributed by atoms with Crippen molar-refractivity contribution in [2.75, 3.05) is 33.9 Å². The molecular weight excluding hydrogens is 330 g/mol. The van der Waals surface area contributed by atoms with Gasteiger partial charge in [-0.1, -0.05) is 28.1 Å². The molecule has 0 radical (unpaired) electrons. The highest BCUT2D eigenvalue weighted by molar-refractivity contribution is 9.10. The quantitative estimate of drug-likeness (QED) is 0.441. The summed E-state index contributed by atoms with van der Waals surface area (Å²) in [6.07, 6.45) is 2.17. The third-order valence-electron chi connectivity index (χ3n) is 3.11. The van der Waals surface area contributed by atoms with E-state index >= 15 is 0 Å². The van der Waals surface area contributed by atoms with E-state index in [9.17, 15) is 0 Å². The number of hydrogen-bond donors (Lipinski definition) is 1. The first-order valence-electron chi connectivity index (χ1n) is 7.41. The van der Waals surface area contributed by atoms with Crippen LogP contribution in [0.25, 0.3) is 0 Å². The Labute approximate surface area is 136 Å². The summed E-state index contributed by atoms with van der Waals surface area (Å²) in [4.78, 5) is 6.46. The zero-order chi connectivity index (χ0) is 15.5. The van der Waals surface area contributed by atoms with Crippen LogP contribution in [0.2, 0.25) is 0 Å². The Bertz CT molecular complexity index is 420. The molecule has 0 fully saturated rings. The van der Waals surface area contributed by atoms with E-state index in [2.05, 4.69) is 62.5 Å². The molecule has 1 N–H and O–H groups in total. The fraction of sp³-hybridized carbons (Fsp3) is 0.562. The number of hydrogen-bond acceptors (Lipinski definition) is 2. The smallest absolute Gasteiger partial charge is 0.193 e. The average molecular weight is 356 g/mol. The van der Waals surface area contributed by atoms with E-state index in [0.717, 1.165) is 49.6 Å². The number of nitrogens with one attached hydrogen (secondary N) is 1. The molecule has 1 aromatic rings. The number of halogens is 1. The predicted molar refractivity (Wildman–Crippen MR) is 92.7 cm³/mol. The van der Waals surface area contributed by atoms with Crippen LogP contribution in [0.5, 0.6) is 0 Å². The van der Waals surface area contributed by atoms with Gasteiger partial charge in [0.05, 0.1) is 0 Å². The van der Waals surface area contributed by atoms with Crippen LogP contribution >= 0.6 is 15.9 Å². The minimum atomic E-state index is 0.797. The monoisotopic (exact) mass is 355 g/mol. The van der Waals surface area contributed by atoms with Crippen molar-refractivity contribution in [2.24, 2.45) is 4.99 Å². The first kappa shape index (κ1) is 18.0. The number of rotatable bonds is 8. The molecule has 0 spiro atoms. The molecule has 0 amide bonds. The Morgan fingerprint density at radius 3 is 2.62 bits per heavy atom. The van der Waals surface area contributed by atoms with Gasteiger partial charge in [0.15, 0.2) is 5.96 Å². The van der Waals surface area contributed by atoms with Gasteiger partial charge in [0.1, 0.15) is 0 Å². The summed E-state index contributed by atoms with van der Waals surface area (Å²) in [5, 5.41) is 3.39. The van der Waals surface area contributed by atoms with Crippen molar-refractivity contribution in [3.05, 3.63) is 34.3 Å². The molecule has 0 bridgehead atoms. The van der Waals surface area contributed by atoms with Crippen molar-refractivity contribution in [3.8, 4) is 0 Å². The number of benzene rings is 1. The molecule has 0 aliphatic heterocycles. The highest BCUT2D eigenvalue weighted by Gasteiger charge is 2.06. The molecule has 118 valence electrons. The second-order valence-electron chi connectivity index (χ2n) is 4.86. The Kier molecular flexibility index (Phi) is 9.10. The summed E-state index contributed by atoms with van der Waals surface area (Å²) in [5.74, 6) is 0.925. The number of aliphatic imine (C=N–C) groups is 1. The van der Waals surface area contributed by atoms with Gasteiger partial charge in [0.2, 0.25) is 0 Å². The summed E-state index contributed by atoms with van der Waals surface area (Å²) < 4.78 is 6.43. The third kappa shape index (κ3) is 7.48. The van der Waals surface area contributed by atoms with Gasteiger partial charge in [0.25, 0.3) is 0 Å². The van der Waals surface area contributed by atoms with Crippen LogP contribution in [0.1, 0.15) is 25.3 Å². The molecule has 0 aromatic heterocycles. The van der Waals surface area contributed by atoms with Crippen LogP contribution in [0, 0.1) is 0 Å². The van der Waals surface area contributed by atoms with Gasteiger partial charge in [-0.3, -0.25) is 4.99 Å². The number of unbranched alkanes of at least 4 members (excludes halogenated alkanes) is 1. The molecule has 21 heavy (non-hydrogen) atoms. The van der Waals surface area contributed by atoms with Gasteiger partial charge in [-0.05, 0) is 37.5 Å². The van der Waals surface area contributed by atoms with Crippen LogP contribution in [0.4, 0.5) is 0 Å². The second kappa shape index (κ2) is 10.6. The number of nitrogens with zero attached hydrogens (tertiary/aromatic N) is 2. The van der Waals surface area contributed by atoms with Gasteiger partial charge in [-0.25, -0.2) is 0 Å². The lowest BCUT2D eigenvalue weighted by Gasteiger charge is -2.22. The van der Waals surface area contributed by atoms with Crippen molar-refractivity contribution in [2.45, 2.75) is 26.3 Å². The highest BCUT2D eigenvalue weighted by atomic mass is 79.9. The fourth-order valence-electron chi connectivity index (χ4n) is 2.00. The zero-order valence-electron chi connectivity index (χ0n) is 13.2. The SMILES string of the molecule is CCOCCCCNC(=NC)N(C)Cc1ccc(Br)cc1. The number of guanidine groups is 1. The molecule has 0 heterocycles. The molecule has 1 rings (SSSR count). The van der Waals surface area contributed by atoms with Gasteiger partial charge >= 0.3 is 0 Å². The zero-order valence-corrected chi connectivity index (χ0v) is 14.8. The maximum Gasteiger partial charge on any atom is 0.193 e. The van der Waals surface area contributed by atoms with Gasteiger partial charge in [-0.15, -0.1) is 0 Å². The maximum absolute atomic E-state index is 5.33. The van der Waals surface area contributed by atoms with Gasteiger partial charge in [-0.2, -0.15) is 0 Å². The molecule has 0 saturated heterocycles. The van der Waals surface area contributed by atoms with Crippen molar-refractivity contribution in [3.63, 3.8) is 0 Å². The summed E-state index contributed by atoms with van der Waals surface area (Å²) in [7, 11) is 3.87. The van der Waals surface area contributed by atoms with E-state index in [-0.39, 0.29) is 0 Å². The van der Waals surface area contributed by atoms with E-state index < -0.39 is 0 Å². The normalized spacial score (nSPS) is 11.5. The summed E-state index contributed by atoms with van der Waals surface area (Å²) in [5.41, 5.74) is 1.26. The van der Waals surface area contributed by atoms with Crippen LogP contribution < -0.4 is 5.32 Å². The molecule has 0 aliphatic rings. The van der Waals surface area contributed by atoms with E-state index in [1.807, 2.05) is 14.0 Å². The molecule has 0 aliphatic carbocycles. The Morgan fingerprint density at radius 2 is 2.00 bits per heavy atom. The van der Waals surface area contributed by atoms with Crippen LogP contribution in [-0.2, 0) is 11.3 Å². The van der Waals surface area contributed by atoms with Crippen molar-refractivity contribution in [1.29, 1.82) is 0 Å². The largest absolute Gasteiger partial charge is 0.382 e. The minimum Gasteiger partial charge on any atom is -0.382 e. The Balaban J connectivity index is 2.32. The van der Waals surface area contributed by atoms with Crippen molar-refractivity contribution < 1.29 is 4.74 Å². The summed E-state index contributed by atoms with van der Waals surface area (Å²) in [6, 6.07) is 8.37. The first-order valence-corrected chi connectivity index (χ1v) is 8.20. The van der Waals surface area contributed by atoms with E-state index in [0.29, 0.717) is 0 Å². The minimum absolute atomic E-state index is 0.797. The predicted octanol–water partition coefficient (Wildman–Crippen LogP) is 3.27. The molecular formula is C16H26BrN3O. The Morgan fingerprint density at radius 1 is 1.29 bits per heavy atom. The fourth-order valence-corrected chi connectivity index (χ4v) is 2.26. The average Bonchev–Trinajstić information content (AvgIpc) is 2.49. The van der Waals surface area contributed by atoms with Crippen LogP contribution in [0.15, 0.2) is 33.7 Å². The number of ether oxygens (including phenoxy) is 1. The van der Waals surface area contributed by atoms with Gasteiger partial charge in [0, 0.05) is 44.9 Å². The van der Waals surface area contributed by atoms with E-state index in [1.165, 1.54) is 5.56 Å². The second-order valence-corrected chi connectivity index (χ2v) is 5.78. The van der Waals surface area contributed by atoms with Crippen LogP contribution in [-0.4, -0.2) is 44.7 Å². The molecule has 0 saturated carbocycles. The molecule has 0 unspecified atom stereocenters. The standard InChI is InChI=1S/C16H26BrN3O/c1-4-21-12-6-5-11-19-16(18-2)20(3)13-14-7-9-15(17)10-8-14/h7-10H,4-6,11-13H2,1-3H3,(H,18,19). The third-order valence-corrected chi connectivity index (χ3v) is 3.64. The highest BCUT2D eigenvalue weighted by Crippen LogP contribution is 2.11. The summed E-state index contributed by atoms with van der Waals surface area (Å²) in [6.45, 7) is 5.42. The first-order chi connectivity index (χ1) is 10.2. The molecule has 0 atom stereocenters. The topological polar surface area (TPSA) is 36.9 Å². The maximum atomic E-state index is 5.33. The van der Waals surface area contributed by atoms with E-state index in [1.54, 1.807) is 0 Å². The lowest BCUT2D eigenvalue weighted by atomic mass is 10.2. The van der Waals surface area contributed by atoms with E-state index in [4.69, 9.17) is 4.74 Å². The molecule has 1 aromatic carbocycles. The molecule has 5 heteroatoms. The molecule has 4 nitrogen and oxygen atoms in total. The van der Waals surface area contributed by atoms with Crippen LogP contribution in [0.3, 0.4) is 0 Å². The van der Waals surface area contributed by atoms with Crippen molar-refractivity contribution in [1.82, 2.24) is 10.2 Å². The van der Waals surface area contributed by atoms with Crippen molar-refractivity contribution >= 4 is 21.9 Å². The summed E-state index contributed by atoms with van der Waals surface area (Å²) >= 11 is 3.45. The van der Waals surface area contributed by atoms with Gasteiger partial charge < -0.3 is 15.0 Å². The lowest BCUT2D eigenvalue weighted by Crippen LogP contribution is -2.38. The Hall–Kier alpha value is -1.07.